The number of benzene rings is 1. The van der Waals surface area contributed by atoms with Gasteiger partial charge in [0.15, 0.2) is 9.84 Å². The largest absolute Gasteiger partial charge is 0.480 e. The maximum absolute atomic E-state index is 11.9. The quantitative estimate of drug-likeness (QED) is 0.818. The van der Waals surface area contributed by atoms with E-state index in [0.29, 0.717) is 0 Å². The Morgan fingerprint density at radius 2 is 1.94 bits per heavy atom. The van der Waals surface area contributed by atoms with Gasteiger partial charge in [-0.05, 0) is 31.2 Å². The van der Waals surface area contributed by atoms with E-state index in [1.165, 1.54) is 19.1 Å². The van der Waals surface area contributed by atoms with Crippen LogP contribution in [0.15, 0.2) is 33.6 Å². The van der Waals surface area contributed by atoms with E-state index in [4.69, 9.17) is 5.11 Å². The molecule has 0 aliphatic rings. The van der Waals surface area contributed by atoms with Crippen molar-refractivity contribution in [2.24, 2.45) is 0 Å². The summed E-state index contributed by atoms with van der Waals surface area (Å²) in [4.78, 5) is 10.8. The Bertz CT molecular complexity index is 512. The van der Waals surface area contributed by atoms with Crippen LogP contribution >= 0.6 is 15.9 Å². The molecule has 0 radical (unpaired) electrons. The van der Waals surface area contributed by atoms with Crippen LogP contribution in [-0.4, -0.2) is 37.8 Å². The van der Waals surface area contributed by atoms with E-state index in [-0.39, 0.29) is 17.2 Å². The highest BCUT2D eigenvalue weighted by Gasteiger charge is 2.16. The van der Waals surface area contributed by atoms with Crippen molar-refractivity contribution in [3.63, 3.8) is 0 Å². The molecule has 0 fully saturated rings. The van der Waals surface area contributed by atoms with Gasteiger partial charge in [0, 0.05) is 11.0 Å². The number of carbonyl (C=O) groups is 1. The number of sulfone groups is 1. The van der Waals surface area contributed by atoms with Crippen LogP contribution in [0.3, 0.4) is 0 Å². The van der Waals surface area contributed by atoms with Gasteiger partial charge < -0.3 is 10.4 Å². The number of carboxylic acid groups (broad SMARTS) is 1. The number of nitrogens with one attached hydrogen (secondary N) is 1. The van der Waals surface area contributed by atoms with Gasteiger partial charge in [-0.15, -0.1) is 0 Å². The van der Waals surface area contributed by atoms with Gasteiger partial charge >= 0.3 is 5.97 Å². The summed E-state index contributed by atoms with van der Waals surface area (Å²) in [5.41, 5.74) is 0. The Labute approximate surface area is 114 Å². The Kier molecular flexibility index (Phi) is 5.30. The summed E-state index contributed by atoms with van der Waals surface area (Å²) in [6.07, 6.45) is 0. The lowest BCUT2D eigenvalue weighted by Gasteiger charge is -2.09. The first-order chi connectivity index (χ1) is 8.33. The second-order valence-electron chi connectivity index (χ2n) is 3.79. The monoisotopic (exact) mass is 335 g/mol. The van der Waals surface area contributed by atoms with E-state index in [0.717, 1.165) is 4.47 Å². The molecule has 0 unspecified atom stereocenters. The van der Waals surface area contributed by atoms with Crippen molar-refractivity contribution in [3.8, 4) is 0 Å². The minimum atomic E-state index is -3.37. The Morgan fingerprint density at radius 1 is 1.39 bits per heavy atom. The second-order valence-corrected chi connectivity index (χ2v) is 6.81. The molecule has 18 heavy (non-hydrogen) atoms. The lowest BCUT2D eigenvalue weighted by molar-refractivity contribution is -0.138. The zero-order chi connectivity index (χ0) is 13.8. The van der Waals surface area contributed by atoms with E-state index in [1.54, 1.807) is 12.1 Å². The van der Waals surface area contributed by atoms with Crippen LogP contribution in [-0.2, 0) is 14.6 Å². The summed E-state index contributed by atoms with van der Waals surface area (Å²) in [5, 5.41) is 11.3. The molecular formula is C11H14BrNO4S. The highest BCUT2D eigenvalue weighted by Crippen LogP contribution is 2.15. The molecule has 0 heterocycles. The zero-order valence-corrected chi connectivity index (χ0v) is 12.2. The third-order valence-corrected chi connectivity index (χ3v) is 4.63. The third kappa shape index (κ3) is 4.40. The van der Waals surface area contributed by atoms with Crippen LogP contribution in [0.25, 0.3) is 0 Å². The van der Waals surface area contributed by atoms with E-state index in [2.05, 4.69) is 21.2 Å². The first-order valence-electron chi connectivity index (χ1n) is 5.27. The van der Waals surface area contributed by atoms with Crippen molar-refractivity contribution in [1.82, 2.24) is 5.32 Å². The van der Waals surface area contributed by atoms with Crippen molar-refractivity contribution in [3.05, 3.63) is 28.7 Å². The molecule has 2 N–H and O–H groups in total. The predicted octanol–water partition coefficient (Wildman–Crippen LogP) is 1.29. The lowest BCUT2D eigenvalue weighted by atomic mass is 10.3. The fourth-order valence-corrected chi connectivity index (χ4v) is 2.69. The fraction of sp³-hybridized carbons (Fsp3) is 0.364. The number of hydrogen-bond acceptors (Lipinski definition) is 4. The minimum Gasteiger partial charge on any atom is -0.480 e. The van der Waals surface area contributed by atoms with Crippen molar-refractivity contribution in [2.45, 2.75) is 17.9 Å². The molecule has 0 aliphatic carbocycles. The van der Waals surface area contributed by atoms with Crippen LogP contribution < -0.4 is 5.32 Å². The summed E-state index contributed by atoms with van der Waals surface area (Å²) in [7, 11) is -3.37. The van der Waals surface area contributed by atoms with Gasteiger partial charge in [0.25, 0.3) is 0 Å². The first-order valence-corrected chi connectivity index (χ1v) is 7.72. The number of rotatable bonds is 6. The average molecular weight is 336 g/mol. The molecule has 0 saturated carbocycles. The van der Waals surface area contributed by atoms with Gasteiger partial charge in [-0.25, -0.2) is 8.42 Å². The highest BCUT2D eigenvalue weighted by molar-refractivity contribution is 9.10. The van der Waals surface area contributed by atoms with Crippen LogP contribution in [0.4, 0.5) is 0 Å². The van der Waals surface area contributed by atoms with Gasteiger partial charge in [-0.3, -0.25) is 4.79 Å². The topological polar surface area (TPSA) is 83.5 Å². The summed E-state index contributed by atoms with van der Waals surface area (Å²) in [6.45, 7) is 1.57. The van der Waals surface area contributed by atoms with Crippen LogP contribution in [0.1, 0.15) is 6.92 Å². The zero-order valence-electron chi connectivity index (χ0n) is 9.76. The smallest absolute Gasteiger partial charge is 0.320 e. The molecule has 1 atom stereocenters. The van der Waals surface area contributed by atoms with E-state index in [9.17, 15) is 13.2 Å². The van der Waals surface area contributed by atoms with Crippen LogP contribution in [0, 0.1) is 0 Å². The van der Waals surface area contributed by atoms with Crippen LogP contribution in [0.5, 0.6) is 0 Å². The van der Waals surface area contributed by atoms with Crippen molar-refractivity contribution >= 4 is 31.7 Å². The van der Waals surface area contributed by atoms with Crippen molar-refractivity contribution in [2.75, 3.05) is 12.3 Å². The highest BCUT2D eigenvalue weighted by atomic mass is 79.9. The molecule has 0 spiro atoms. The summed E-state index contributed by atoms with van der Waals surface area (Å²) < 4.78 is 24.6. The van der Waals surface area contributed by atoms with E-state index in [1.807, 2.05) is 0 Å². The standard InChI is InChI=1S/C11H14BrNO4S/c1-8(11(14)15)13-6-7-18(16,17)10-4-2-9(12)3-5-10/h2-5,8,13H,6-7H2,1H3,(H,14,15)/t8-/m0/s1. The minimum absolute atomic E-state index is 0.103. The molecule has 0 amide bonds. The number of carboxylic acids is 1. The average Bonchev–Trinajstić information content (AvgIpc) is 2.29. The third-order valence-electron chi connectivity index (χ3n) is 2.36. The molecule has 7 heteroatoms. The molecule has 1 aromatic carbocycles. The van der Waals surface area contributed by atoms with Gasteiger partial charge in [0.1, 0.15) is 6.04 Å². The molecule has 1 rings (SSSR count). The molecule has 0 saturated heterocycles. The summed E-state index contributed by atoms with van der Waals surface area (Å²) in [6, 6.07) is 5.57. The van der Waals surface area contributed by atoms with Crippen molar-refractivity contribution in [1.29, 1.82) is 0 Å². The molecule has 0 aromatic heterocycles. The lowest BCUT2D eigenvalue weighted by Crippen LogP contribution is -2.36. The molecule has 100 valence electrons. The number of aliphatic carboxylic acids is 1. The van der Waals surface area contributed by atoms with E-state index < -0.39 is 21.8 Å². The van der Waals surface area contributed by atoms with Crippen molar-refractivity contribution < 1.29 is 18.3 Å². The number of halogens is 1. The Morgan fingerprint density at radius 3 is 2.44 bits per heavy atom. The summed E-state index contributed by atoms with van der Waals surface area (Å²) in [5.74, 6) is -1.14. The summed E-state index contributed by atoms with van der Waals surface area (Å²) >= 11 is 3.23. The molecule has 5 nitrogen and oxygen atoms in total. The Hall–Kier alpha value is -0.920. The van der Waals surface area contributed by atoms with Gasteiger partial charge in [0.05, 0.1) is 10.6 Å². The van der Waals surface area contributed by atoms with Gasteiger partial charge in [0.2, 0.25) is 0 Å². The molecule has 0 aliphatic heterocycles. The maximum atomic E-state index is 11.9. The second kappa shape index (κ2) is 6.31. The van der Waals surface area contributed by atoms with Crippen LogP contribution in [0.2, 0.25) is 0 Å². The molecule has 0 bridgehead atoms. The SMILES string of the molecule is C[C@H](NCCS(=O)(=O)c1ccc(Br)cc1)C(=O)O. The Balaban J connectivity index is 2.60. The molecule has 1 aromatic rings. The first kappa shape index (κ1) is 15.1. The predicted molar refractivity (Wildman–Crippen MR) is 71.3 cm³/mol. The molecular weight excluding hydrogens is 322 g/mol. The maximum Gasteiger partial charge on any atom is 0.320 e. The van der Waals surface area contributed by atoms with Gasteiger partial charge in [-0.2, -0.15) is 0 Å². The normalized spacial score (nSPS) is 13.2. The number of hydrogen-bond donors (Lipinski definition) is 2. The van der Waals surface area contributed by atoms with Gasteiger partial charge in [-0.1, -0.05) is 15.9 Å². The fourth-order valence-electron chi connectivity index (χ4n) is 1.26. The van der Waals surface area contributed by atoms with E-state index >= 15 is 0 Å².